The van der Waals surface area contributed by atoms with E-state index in [2.05, 4.69) is 19.2 Å². The molecule has 0 fully saturated rings. The lowest BCUT2D eigenvalue weighted by Crippen LogP contribution is -2.30. The number of fused-ring (bicyclic) bond motifs is 1. The van der Waals surface area contributed by atoms with Crippen LogP contribution in [0.3, 0.4) is 0 Å². The maximum atomic E-state index is 13.1. The standard InChI is InChI=1S/C13H18FNO/c1-3-7-15-13-10-6-5-9(14)8-12(10)16-11(13)4-2/h5-6,8,11,13,15H,3-4,7H2,1-2H3. The summed E-state index contributed by atoms with van der Waals surface area (Å²) in [5, 5.41) is 3.46. The number of benzene rings is 1. The highest BCUT2D eigenvalue weighted by atomic mass is 19.1. The zero-order valence-electron chi connectivity index (χ0n) is 9.79. The van der Waals surface area contributed by atoms with Crippen LogP contribution in [0.5, 0.6) is 5.75 Å². The molecule has 2 rings (SSSR count). The average Bonchev–Trinajstić information content (AvgIpc) is 2.63. The second-order valence-corrected chi connectivity index (χ2v) is 4.18. The zero-order chi connectivity index (χ0) is 11.5. The van der Waals surface area contributed by atoms with Crippen molar-refractivity contribution in [3.05, 3.63) is 29.6 Å². The van der Waals surface area contributed by atoms with E-state index in [9.17, 15) is 4.39 Å². The van der Waals surface area contributed by atoms with E-state index >= 15 is 0 Å². The Bertz CT molecular complexity index is 367. The Labute approximate surface area is 95.8 Å². The Morgan fingerprint density at radius 1 is 1.38 bits per heavy atom. The van der Waals surface area contributed by atoms with Crippen LogP contribution >= 0.6 is 0 Å². The minimum Gasteiger partial charge on any atom is -0.488 e. The number of hydrogen-bond donors (Lipinski definition) is 1. The van der Waals surface area contributed by atoms with E-state index in [1.165, 1.54) is 12.1 Å². The van der Waals surface area contributed by atoms with Crippen molar-refractivity contribution in [1.82, 2.24) is 5.32 Å². The molecule has 0 aromatic heterocycles. The molecule has 1 aliphatic heterocycles. The average molecular weight is 223 g/mol. The van der Waals surface area contributed by atoms with Crippen molar-refractivity contribution in [1.29, 1.82) is 0 Å². The molecular weight excluding hydrogens is 205 g/mol. The molecule has 2 unspecified atom stereocenters. The number of nitrogens with one attached hydrogen (secondary N) is 1. The maximum absolute atomic E-state index is 13.1. The minimum absolute atomic E-state index is 0.128. The van der Waals surface area contributed by atoms with Gasteiger partial charge in [0.1, 0.15) is 17.7 Å². The molecule has 16 heavy (non-hydrogen) atoms. The molecule has 1 aromatic carbocycles. The van der Waals surface area contributed by atoms with Crippen LogP contribution in [-0.4, -0.2) is 12.6 Å². The van der Waals surface area contributed by atoms with Crippen LogP contribution in [0.15, 0.2) is 18.2 Å². The molecule has 0 saturated heterocycles. The summed E-state index contributed by atoms with van der Waals surface area (Å²) >= 11 is 0. The van der Waals surface area contributed by atoms with Gasteiger partial charge in [0, 0.05) is 11.6 Å². The summed E-state index contributed by atoms with van der Waals surface area (Å²) in [4.78, 5) is 0. The molecule has 88 valence electrons. The van der Waals surface area contributed by atoms with Gasteiger partial charge in [-0.2, -0.15) is 0 Å². The number of hydrogen-bond acceptors (Lipinski definition) is 2. The van der Waals surface area contributed by atoms with Crippen LogP contribution in [0.1, 0.15) is 38.3 Å². The quantitative estimate of drug-likeness (QED) is 0.847. The molecule has 3 heteroatoms. The highest BCUT2D eigenvalue weighted by molar-refractivity contribution is 5.41. The molecule has 0 aliphatic carbocycles. The van der Waals surface area contributed by atoms with Gasteiger partial charge in [-0.15, -0.1) is 0 Å². The summed E-state index contributed by atoms with van der Waals surface area (Å²) in [5.74, 6) is 0.463. The SMILES string of the molecule is CCCNC1c2ccc(F)cc2OC1CC. The molecule has 2 nitrogen and oxygen atoms in total. The van der Waals surface area contributed by atoms with Gasteiger partial charge in [-0.1, -0.05) is 19.9 Å². The molecule has 0 bridgehead atoms. The van der Waals surface area contributed by atoms with E-state index in [0.717, 1.165) is 24.9 Å². The molecule has 1 N–H and O–H groups in total. The second kappa shape index (κ2) is 4.83. The molecule has 1 heterocycles. The van der Waals surface area contributed by atoms with Crippen molar-refractivity contribution in [2.24, 2.45) is 0 Å². The molecular formula is C13H18FNO. The summed E-state index contributed by atoms with van der Waals surface area (Å²) in [5.41, 5.74) is 1.08. The summed E-state index contributed by atoms with van der Waals surface area (Å²) in [6.07, 6.45) is 2.14. The Hall–Kier alpha value is -1.09. The molecule has 1 aromatic rings. The monoisotopic (exact) mass is 223 g/mol. The second-order valence-electron chi connectivity index (χ2n) is 4.18. The fourth-order valence-electron chi connectivity index (χ4n) is 2.16. The molecule has 0 amide bonds. The van der Waals surface area contributed by atoms with Crippen molar-refractivity contribution in [2.75, 3.05) is 6.54 Å². The van der Waals surface area contributed by atoms with Gasteiger partial charge < -0.3 is 10.1 Å². The van der Waals surface area contributed by atoms with Crippen molar-refractivity contribution >= 4 is 0 Å². The van der Waals surface area contributed by atoms with Crippen molar-refractivity contribution in [3.63, 3.8) is 0 Å². The number of ether oxygens (including phenoxy) is 1. The lowest BCUT2D eigenvalue weighted by atomic mass is 10.0. The van der Waals surface area contributed by atoms with E-state index in [1.807, 2.05) is 6.07 Å². The smallest absolute Gasteiger partial charge is 0.127 e. The van der Waals surface area contributed by atoms with Gasteiger partial charge in [-0.05, 0) is 25.5 Å². The van der Waals surface area contributed by atoms with Crippen LogP contribution in [0.4, 0.5) is 4.39 Å². The normalized spacial score (nSPS) is 22.9. The fourth-order valence-corrected chi connectivity index (χ4v) is 2.16. The van der Waals surface area contributed by atoms with Crippen LogP contribution < -0.4 is 10.1 Å². The maximum Gasteiger partial charge on any atom is 0.127 e. The van der Waals surface area contributed by atoms with Gasteiger partial charge in [-0.25, -0.2) is 4.39 Å². The summed E-state index contributed by atoms with van der Waals surface area (Å²) in [6, 6.07) is 5.01. The highest BCUT2D eigenvalue weighted by Crippen LogP contribution is 2.38. The molecule has 0 saturated carbocycles. The van der Waals surface area contributed by atoms with E-state index < -0.39 is 0 Å². The third-order valence-electron chi connectivity index (χ3n) is 2.98. The van der Waals surface area contributed by atoms with Gasteiger partial charge in [0.25, 0.3) is 0 Å². The van der Waals surface area contributed by atoms with E-state index in [0.29, 0.717) is 5.75 Å². The van der Waals surface area contributed by atoms with Crippen molar-refractivity contribution in [3.8, 4) is 5.75 Å². The Balaban J connectivity index is 2.22. The Morgan fingerprint density at radius 2 is 2.19 bits per heavy atom. The van der Waals surface area contributed by atoms with Crippen molar-refractivity contribution < 1.29 is 9.13 Å². The van der Waals surface area contributed by atoms with Gasteiger partial charge in [0.05, 0.1) is 6.04 Å². The van der Waals surface area contributed by atoms with E-state index in [4.69, 9.17) is 4.74 Å². The fraction of sp³-hybridized carbons (Fsp3) is 0.538. The molecule has 1 aliphatic rings. The lowest BCUT2D eigenvalue weighted by Gasteiger charge is -2.18. The first-order chi connectivity index (χ1) is 7.76. The van der Waals surface area contributed by atoms with Gasteiger partial charge in [-0.3, -0.25) is 0 Å². The van der Waals surface area contributed by atoms with Crippen molar-refractivity contribution in [2.45, 2.75) is 38.8 Å². The topological polar surface area (TPSA) is 21.3 Å². The third kappa shape index (κ3) is 2.05. The first-order valence-electron chi connectivity index (χ1n) is 5.95. The predicted octanol–water partition coefficient (Wildman–Crippen LogP) is 3.04. The Morgan fingerprint density at radius 3 is 2.88 bits per heavy atom. The Kier molecular flexibility index (Phi) is 3.44. The molecule has 0 spiro atoms. The minimum atomic E-state index is -0.232. The number of rotatable bonds is 4. The first kappa shape index (κ1) is 11.4. The van der Waals surface area contributed by atoms with Crippen LogP contribution in [-0.2, 0) is 0 Å². The molecule has 0 radical (unpaired) electrons. The largest absolute Gasteiger partial charge is 0.488 e. The van der Waals surface area contributed by atoms with E-state index in [-0.39, 0.29) is 18.0 Å². The zero-order valence-corrected chi connectivity index (χ0v) is 9.79. The summed E-state index contributed by atoms with van der Waals surface area (Å²) in [6.45, 7) is 5.18. The predicted molar refractivity (Wildman–Crippen MR) is 62.1 cm³/mol. The lowest BCUT2D eigenvalue weighted by molar-refractivity contribution is 0.185. The van der Waals surface area contributed by atoms with Gasteiger partial charge in [0.2, 0.25) is 0 Å². The first-order valence-corrected chi connectivity index (χ1v) is 5.95. The summed E-state index contributed by atoms with van der Waals surface area (Å²) in [7, 11) is 0. The number of halogens is 1. The highest BCUT2D eigenvalue weighted by Gasteiger charge is 2.32. The summed E-state index contributed by atoms with van der Waals surface area (Å²) < 4.78 is 18.8. The van der Waals surface area contributed by atoms with Crippen LogP contribution in [0, 0.1) is 5.82 Å². The third-order valence-corrected chi connectivity index (χ3v) is 2.98. The van der Waals surface area contributed by atoms with Gasteiger partial charge in [0.15, 0.2) is 0 Å². The van der Waals surface area contributed by atoms with E-state index in [1.54, 1.807) is 0 Å². The van der Waals surface area contributed by atoms with Gasteiger partial charge >= 0.3 is 0 Å². The van der Waals surface area contributed by atoms with Crippen LogP contribution in [0.2, 0.25) is 0 Å². The van der Waals surface area contributed by atoms with Crippen LogP contribution in [0.25, 0.3) is 0 Å². The molecule has 2 atom stereocenters.